The van der Waals surface area contributed by atoms with Gasteiger partial charge in [0.25, 0.3) is 0 Å². The summed E-state index contributed by atoms with van der Waals surface area (Å²) in [6.45, 7) is 0. The number of nitrogen functional groups attached to an aromatic ring is 1. The smallest absolute Gasteiger partial charge is 0.242 e. The van der Waals surface area contributed by atoms with Crippen LogP contribution in [0.25, 0.3) is 0 Å². The number of hydrogen-bond donors (Lipinski definition) is 3. The van der Waals surface area contributed by atoms with Crippen molar-refractivity contribution in [3.8, 4) is 0 Å². The maximum Gasteiger partial charge on any atom is 0.242 e. The van der Waals surface area contributed by atoms with Gasteiger partial charge in [0, 0.05) is 0 Å². The lowest BCUT2D eigenvalue weighted by atomic mass is 10.3. The van der Waals surface area contributed by atoms with E-state index in [1.54, 1.807) is 18.2 Å². The van der Waals surface area contributed by atoms with E-state index < -0.39 is 10.0 Å². The molecule has 6 heteroatoms. The van der Waals surface area contributed by atoms with Crippen molar-refractivity contribution in [3.05, 3.63) is 24.3 Å². The van der Waals surface area contributed by atoms with Crippen molar-refractivity contribution < 1.29 is 8.42 Å². The zero-order valence-corrected chi connectivity index (χ0v) is 7.93. The van der Waals surface area contributed by atoms with Gasteiger partial charge in [-0.3, -0.25) is 5.84 Å². The van der Waals surface area contributed by atoms with E-state index in [0.717, 1.165) is 0 Å². The van der Waals surface area contributed by atoms with Crippen LogP contribution in [0.1, 0.15) is 0 Å². The van der Waals surface area contributed by atoms with Gasteiger partial charge in [-0.15, -0.1) is 0 Å². The molecule has 0 saturated carbocycles. The highest BCUT2D eigenvalue weighted by Gasteiger charge is 2.14. The molecule has 0 aliphatic rings. The number of hydrogen-bond acceptors (Lipinski definition) is 4. The lowest BCUT2D eigenvalue weighted by Crippen LogP contribution is -2.21. The first-order valence-corrected chi connectivity index (χ1v) is 5.09. The van der Waals surface area contributed by atoms with E-state index in [2.05, 4.69) is 10.1 Å². The molecule has 1 rings (SSSR count). The number of nitrogens with one attached hydrogen (secondary N) is 2. The second-order valence-electron chi connectivity index (χ2n) is 2.35. The van der Waals surface area contributed by atoms with Gasteiger partial charge in [0.15, 0.2) is 0 Å². The van der Waals surface area contributed by atoms with Crippen LogP contribution in [0.2, 0.25) is 0 Å². The van der Waals surface area contributed by atoms with E-state index in [0.29, 0.717) is 5.69 Å². The highest BCUT2D eigenvalue weighted by molar-refractivity contribution is 7.89. The second-order valence-corrected chi connectivity index (χ2v) is 4.20. The predicted molar refractivity (Wildman–Crippen MR) is 50.5 cm³/mol. The van der Waals surface area contributed by atoms with Crippen molar-refractivity contribution in [2.45, 2.75) is 4.90 Å². The topological polar surface area (TPSA) is 84.2 Å². The first-order valence-electron chi connectivity index (χ1n) is 3.61. The van der Waals surface area contributed by atoms with E-state index in [4.69, 9.17) is 5.84 Å². The largest absolute Gasteiger partial charge is 0.323 e. The summed E-state index contributed by atoms with van der Waals surface area (Å²) in [4.78, 5) is 0.139. The summed E-state index contributed by atoms with van der Waals surface area (Å²) in [6.07, 6.45) is 0. The van der Waals surface area contributed by atoms with Gasteiger partial charge in [-0.25, -0.2) is 13.1 Å². The van der Waals surface area contributed by atoms with Crippen LogP contribution in [0.15, 0.2) is 29.2 Å². The Hall–Kier alpha value is -1.11. The quantitative estimate of drug-likeness (QED) is 0.470. The van der Waals surface area contributed by atoms with Crippen LogP contribution in [-0.4, -0.2) is 15.5 Å². The van der Waals surface area contributed by atoms with E-state index >= 15 is 0 Å². The maximum atomic E-state index is 11.4. The molecule has 0 bridgehead atoms. The van der Waals surface area contributed by atoms with Gasteiger partial charge in [-0.05, 0) is 19.2 Å². The number of para-hydroxylation sites is 1. The van der Waals surface area contributed by atoms with Gasteiger partial charge in [0.1, 0.15) is 4.90 Å². The van der Waals surface area contributed by atoms with Crippen LogP contribution < -0.4 is 16.0 Å². The molecule has 0 radical (unpaired) electrons. The highest BCUT2D eigenvalue weighted by atomic mass is 32.2. The highest BCUT2D eigenvalue weighted by Crippen LogP contribution is 2.18. The predicted octanol–water partition coefficient (Wildman–Crippen LogP) is -0.120. The Labute approximate surface area is 77.0 Å². The lowest BCUT2D eigenvalue weighted by Gasteiger charge is -2.07. The normalized spacial score (nSPS) is 11.2. The molecule has 0 unspecified atom stereocenters. The van der Waals surface area contributed by atoms with Crippen LogP contribution in [0, 0.1) is 0 Å². The first kappa shape index (κ1) is 9.97. The molecule has 0 aliphatic heterocycles. The Morgan fingerprint density at radius 2 is 1.92 bits per heavy atom. The zero-order chi connectivity index (χ0) is 9.90. The van der Waals surface area contributed by atoms with Crippen molar-refractivity contribution in [1.82, 2.24) is 4.72 Å². The van der Waals surface area contributed by atoms with Gasteiger partial charge in [-0.2, -0.15) is 0 Å². The van der Waals surface area contributed by atoms with Gasteiger partial charge < -0.3 is 5.43 Å². The number of hydrazine groups is 1. The second kappa shape index (κ2) is 3.73. The molecule has 0 saturated heterocycles. The molecular formula is C7H11N3O2S. The Bertz CT molecular complexity index is 388. The minimum Gasteiger partial charge on any atom is -0.323 e. The molecule has 0 fully saturated rings. The summed E-state index contributed by atoms with van der Waals surface area (Å²) in [5.41, 5.74) is 2.69. The fourth-order valence-corrected chi connectivity index (χ4v) is 1.82. The molecule has 5 nitrogen and oxygen atoms in total. The van der Waals surface area contributed by atoms with E-state index in [1.165, 1.54) is 13.1 Å². The standard InChI is InChI=1S/C7H11N3O2S/c1-9-13(11,12)7-5-3-2-4-6(7)10-8/h2-5,9-10H,8H2,1H3. The molecule has 0 heterocycles. The summed E-state index contributed by atoms with van der Waals surface area (Å²) in [5.74, 6) is 5.16. The molecule has 1 aromatic rings. The summed E-state index contributed by atoms with van der Waals surface area (Å²) < 4.78 is 25.0. The zero-order valence-electron chi connectivity index (χ0n) is 7.11. The minimum absolute atomic E-state index is 0.139. The lowest BCUT2D eigenvalue weighted by molar-refractivity contribution is 0.588. The molecule has 0 amide bonds. The molecule has 1 aromatic carbocycles. The molecule has 0 spiro atoms. The van der Waals surface area contributed by atoms with Gasteiger partial charge in [-0.1, -0.05) is 12.1 Å². The van der Waals surface area contributed by atoms with Crippen molar-refractivity contribution >= 4 is 15.7 Å². The number of nitrogens with two attached hydrogens (primary N) is 1. The fourth-order valence-electron chi connectivity index (χ4n) is 0.930. The van der Waals surface area contributed by atoms with Gasteiger partial charge >= 0.3 is 0 Å². The third-order valence-corrected chi connectivity index (χ3v) is 3.07. The number of benzene rings is 1. The van der Waals surface area contributed by atoms with Crippen molar-refractivity contribution in [3.63, 3.8) is 0 Å². The monoisotopic (exact) mass is 201 g/mol. The van der Waals surface area contributed by atoms with Crippen LogP contribution in [0.3, 0.4) is 0 Å². The molecular weight excluding hydrogens is 190 g/mol. The molecule has 13 heavy (non-hydrogen) atoms. The Morgan fingerprint density at radius 3 is 2.46 bits per heavy atom. The van der Waals surface area contributed by atoms with Crippen LogP contribution in [0.4, 0.5) is 5.69 Å². The van der Waals surface area contributed by atoms with E-state index in [-0.39, 0.29) is 4.90 Å². The van der Waals surface area contributed by atoms with E-state index in [1.807, 2.05) is 0 Å². The first-order chi connectivity index (χ1) is 6.11. The third-order valence-electron chi connectivity index (χ3n) is 1.60. The average Bonchev–Trinajstić information content (AvgIpc) is 2.18. The summed E-state index contributed by atoms with van der Waals surface area (Å²) in [7, 11) is -2.08. The molecule has 0 aliphatic carbocycles. The van der Waals surface area contributed by atoms with Gasteiger partial charge in [0.05, 0.1) is 5.69 Å². The van der Waals surface area contributed by atoms with Crippen LogP contribution in [0.5, 0.6) is 0 Å². The molecule has 72 valence electrons. The van der Waals surface area contributed by atoms with Crippen LogP contribution >= 0.6 is 0 Å². The molecule has 4 N–H and O–H groups in total. The molecule has 0 atom stereocenters. The van der Waals surface area contributed by atoms with Crippen molar-refractivity contribution in [1.29, 1.82) is 0 Å². The molecule has 0 aromatic heterocycles. The van der Waals surface area contributed by atoms with Gasteiger partial charge in [0.2, 0.25) is 10.0 Å². The van der Waals surface area contributed by atoms with Crippen molar-refractivity contribution in [2.24, 2.45) is 5.84 Å². The number of rotatable bonds is 3. The minimum atomic E-state index is -3.43. The average molecular weight is 201 g/mol. The summed E-state index contributed by atoms with van der Waals surface area (Å²) in [6, 6.07) is 6.39. The Kier molecular flexibility index (Phi) is 2.86. The fraction of sp³-hybridized carbons (Fsp3) is 0.143. The number of sulfonamides is 1. The summed E-state index contributed by atoms with van der Waals surface area (Å²) in [5, 5.41) is 0. The number of anilines is 1. The maximum absolute atomic E-state index is 11.4. The van der Waals surface area contributed by atoms with E-state index in [9.17, 15) is 8.42 Å². The van der Waals surface area contributed by atoms with Crippen LogP contribution in [-0.2, 0) is 10.0 Å². The Morgan fingerprint density at radius 1 is 1.31 bits per heavy atom. The van der Waals surface area contributed by atoms with Crippen molar-refractivity contribution in [2.75, 3.05) is 12.5 Å². The summed E-state index contributed by atoms with van der Waals surface area (Å²) >= 11 is 0. The Balaban J connectivity index is 3.29. The SMILES string of the molecule is CNS(=O)(=O)c1ccccc1NN. The third kappa shape index (κ3) is 1.97.